The molecule has 1 aromatic heterocycles. The largest absolute Gasteiger partial charge is 0.493 e. The molecule has 1 N–H and O–H groups in total. The van der Waals surface area contributed by atoms with E-state index in [-0.39, 0.29) is 5.91 Å². The highest BCUT2D eigenvalue weighted by atomic mass is 35.5. The highest BCUT2D eigenvalue weighted by molar-refractivity contribution is 6.34. The predicted octanol–water partition coefficient (Wildman–Crippen LogP) is 3.66. The molecule has 1 amide bonds. The summed E-state index contributed by atoms with van der Waals surface area (Å²) >= 11 is 11.8. The van der Waals surface area contributed by atoms with E-state index in [2.05, 4.69) is 10.3 Å². The minimum atomic E-state index is -0.353. The highest BCUT2D eigenvalue weighted by Gasteiger charge is 2.13. The molecule has 0 saturated carbocycles. The number of pyridine rings is 1. The normalized spacial score (nSPS) is 10.1. The number of amides is 1. The SMILES string of the molecule is COc1cc(Cl)c(NC(=O)c2ccc(Cl)nc2)cc1OC. The molecular formula is C14H12Cl2N2O3. The molecule has 0 unspecified atom stereocenters. The van der Waals surface area contributed by atoms with Gasteiger partial charge in [0.2, 0.25) is 0 Å². The molecule has 0 aliphatic carbocycles. The van der Waals surface area contributed by atoms with Crippen LogP contribution in [0.5, 0.6) is 11.5 Å². The molecule has 1 aromatic carbocycles. The van der Waals surface area contributed by atoms with Gasteiger partial charge in [0.15, 0.2) is 11.5 Å². The van der Waals surface area contributed by atoms with Crippen LogP contribution < -0.4 is 14.8 Å². The summed E-state index contributed by atoms with van der Waals surface area (Å²) in [5, 5.41) is 3.33. The molecule has 0 aliphatic heterocycles. The van der Waals surface area contributed by atoms with Crippen molar-refractivity contribution in [2.24, 2.45) is 0 Å². The fourth-order valence-corrected chi connectivity index (χ4v) is 1.97. The summed E-state index contributed by atoms with van der Waals surface area (Å²) in [4.78, 5) is 16.0. The van der Waals surface area contributed by atoms with Gasteiger partial charge in [-0.2, -0.15) is 0 Å². The number of nitrogens with one attached hydrogen (secondary N) is 1. The number of halogens is 2. The first kappa shape index (κ1) is 15.4. The lowest BCUT2D eigenvalue weighted by atomic mass is 10.2. The number of ether oxygens (including phenoxy) is 2. The first-order valence-electron chi connectivity index (χ1n) is 5.89. The Balaban J connectivity index is 2.26. The van der Waals surface area contributed by atoms with Crippen LogP contribution in [0.4, 0.5) is 5.69 Å². The Morgan fingerprint density at radius 1 is 1.14 bits per heavy atom. The van der Waals surface area contributed by atoms with Crippen LogP contribution in [0.15, 0.2) is 30.5 Å². The Bertz CT molecular complexity index is 660. The standard InChI is InChI=1S/C14H12Cl2N2O3/c1-20-11-5-9(15)10(6-12(11)21-2)18-14(19)8-3-4-13(16)17-7-8/h3-7H,1-2H3,(H,18,19). The lowest BCUT2D eigenvalue weighted by Gasteiger charge is -2.12. The number of anilines is 1. The number of rotatable bonds is 4. The van der Waals surface area contributed by atoms with Crippen LogP contribution in [0.1, 0.15) is 10.4 Å². The summed E-state index contributed by atoms with van der Waals surface area (Å²) < 4.78 is 10.3. The van der Waals surface area contributed by atoms with Crippen LogP contribution >= 0.6 is 23.2 Å². The summed E-state index contributed by atoms with van der Waals surface area (Å²) in [7, 11) is 3.01. The second kappa shape index (κ2) is 6.65. The van der Waals surface area contributed by atoms with Gasteiger partial charge in [-0.3, -0.25) is 4.79 Å². The van der Waals surface area contributed by atoms with Crippen molar-refractivity contribution in [1.29, 1.82) is 0 Å². The summed E-state index contributed by atoms with van der Waals surface area (Å²) in [6.07, 6.45) is 1.38. The molecule has 110 valence electrons. The second-order valence-electron chi connectivity index (χ2n) is 4.01. The van der Waals surface area contributed by atoms with E-state index in [1.807, 2.05) is 0 Å². The molecule has 0 radical (unpaired) electrons. The Labute approximate surface area is 131 Å². The molecule has 0 bridgehead atoms. The van der Waals surface area contributed by atoms with E-state index < -0.39 is 0 Å². The number of hydrogen-bond donors (Lipinski definition) is 1. The molecule has 0 spiro atoms. The van der Waals surface area contributed by atoms with Crippen molar-refractivity contribution in [1.82, 2.24) is 4.98 Å². The second-order valence-corrected chi connectivity index (χ2v) is 4.81. The van der Waals surface area contributed by atoms with Crippen molar-refractivity contribution in [2.75, 3.05) is 19.5 Å². The molecular weight excluding hydrogens is 315 g/mol. The van der Waals surface area contributed by atoms with E-state index >= 15 is 0 Å². The number of benzene rings is 1. The number of carbonyl (C=O) groups is 1. The fraction of sp³-hybridized carbons (Fsp3) is 0.143. The molecule has 21 heavy (non-hydrogen) atoms. The molecule has 0 atom stereocenters. The maximum Gasteiger partial charge on any atom is 0.257 e. The highest BCUT2D eigenvalue weighted by Crippen LogP contribution is 2.36. The minimum Gasteiger partial charge on any atom is -0.493 e. The van der Waals surface area contributed by atoms with Gasteiger partial charge in [0.1, 0.15) is 5.15 Å². The van der Waals surface area contributed by atoms with Gasteiger partial charge >= 0.3 is 0 Å². The van der Waals surface area contributed by atoms with Gasteiger partial charge in [0, 0.05) is 18.3 Å². The molecule has 2 aromatic rings. The van der Waals surface area contributed by atoms with Gasteiger partial charge in [0.05, 0.1) is 30.5 Å². The van der Waals surface area contributed by atoms with Gasteiger partial charge in [-0.1, -0.05) is 23.2 Å². The number of methoxy groups -OCH3 is 2. The number of nitrogens with zero attached hydrogens (tertiary/aromatic N) is 1. The third kappa shape index (κ3) is 3.56. The molecule has 0 fully saturated rings. The zero-order valence-electron chi connectivity index (χ0n) is 11.3. The maximum atomic E-state index is 12.1. The van der Waals surface area contributed by atoms with Crippen LogP contribution in [0.3, 0.4) is 0 Å². The van der Waals surface area contributed by atoms with Crippen LogP contribution in [0.2, 0.25) is 10.2 Å². The summed E-state index contributed by atoms with van der Waals surface area (Å²) in [5.41, 5.74) is 0.777. The van der Waals surface area contributed by atoms with Gasteiger partial charge in [-0.05, 0) is 12.1 Å². The maximum absolute atomic E-state index is 12.1. The number of aromatic nitrogens is 1. The van der Waals surface area contributed by atoms with Gasteiger partial charge in [-0.25, -0.2) is 4.98 Å². The smallest absolute Gasteiger partial charge is 0.257 e. The molecule has 0 aliphatic rings. The first-order valence-corrected chi connectivity index (χ1v) is 6.65. The van der Waals surface area contributed by atoms with Crippen LogP contribution in [-0.4, -0.2) is 25.1 Å². The molecule has 1 heterocycles. The lowest BCUT2D eigenvalue weighted by Crippen LogP contribution is -2.12. The van der Waals surface area contributed by atoms with E-state index in [9.17, 15) is 4.79 Å². The van der Waals surface area contributed by atoms with Crippen molar-refractivity contribution in [3.63, 3.8) is 0 Å². The monoisotopic (exact) mass is 326 g/mol. The van der Waals surface area contributed by atoms with Crippen molar-refractivity contribution in [3.8, 4) is 11.5 Å². The Morgan fingerprint density at radius 2 is 1.81 bits per heavy atom. The predicted molar refractivity (Wildman–Crippen MR) is 81.8 cm³/mol. The minimum absolute atomic E-state index is 0.315. The van der Waals surface area contributed by atoms with Crippen molar-refractivity contribution in [3.05, 3.63) is 46.2 Å². The van der Waals surface area contributed by atoms with Crippen molar-refractivity contribution in [2.45, 2.75) is 0 Å². The molecule has 7 heteroatoms. The topological polar surface area (TPSA) is 60.5 Å². The van der Waals surface area contributed by atoms with E-state index in [0.29, 0.717) is 32.9 Å². The molecule has 2 rings (SSSR count). The van der Waals surface area contributed by atoms with Crippen molar-refractivity contribution < 1.29 is 14.3 Å². The fourth-order valence-electron chi connectivity index (χ4n) is 1.65. The third-order valence-corrected chi connectivity index (χ3v) is 3.25. The zero-order chi connectivity index (χ0) is 15.4. The van der Waals surface area contributed by atoms with E-state index in [0.717, 1.165) is 0 Å². The first-order chi connectivity index (χ1) is 10.0. The number of hydrogen-bond acceptors (Lipinski definition) is 4. The van der Waals surface area contributed by atoms with Crippen molar-refractivity contribution >= 4 is 34.8 Å². The van der Waals surface area contributed by atoms with E-state index in [4.69, 9.17) is 32.7 Å². The lowest BCUT2D eigenvalue weighted by molar-refractivity contribution is 0.102. The Hall–Kier alpha value is -1.98. The van der Waals surface area contributed by atoms with Crippen LogP contribution in [0.25, 0.3) is 0 Å². The molecule has 5 nitrogen and oxygen atoms in total. The zero-order valence-corrected chi connectivity index (χ0v) is 12.8. The summed E-state index contributed by atoms with van der Waals surface area (Å²) in [5.74, 6) is 0.591. The van der Waals surface area contributed by atoms with Crippen LogP contribution in [0, 0.1) is 0 Å². The number of carbonyl (C=O) groups excluding carboxylic acids is 1. The van der Waals surface area contributed by atoms with Gasteiger partial charge in [-0.15, -0.1) is 0 Å². The third-order valence-electron chi connectivity index (χ3n) is 2.71. The Morgan fingerprint density at radius 3 is 2.38 bits per heavy atom. The molecule has 0 saturated heterocycles. The average Bonchev–Trinajstić information content (AvgIpc) is 2.49. The quantitative estimate of drug-likeness (QED) is 0.871. The van der Waals surface area contributed by atoms with Crippen LogP contribution in [-0.2, 0) is 0 Å². The van der Waals surface area contributed by atoms with Gasteiger partial charge in [0.25, 0.3) is 5.91 Å². The summed E-state index contributed by atoms with van der Waals surface area (Å²) in [6.45, 7) is 0. The van der Waals surface area contributed by atoms with Gasteiger partial charge < -0.3 is 14.8 Å². The average molecular weight is 327 g/mol. The van der Waals surface area contributed by atoms with E-state index in [1.54, 1.807) is 18.2 Å². The summed E-state index contributed by atoms with van der Waals surface area (Å²) in [6, 6.07) is 6.25. The van der Waals surface area contributed by atoms with E-state index in [1.165, 1.54) is 26.5 Å². The Kier molecular flexibility index (Phi) is 4.88.